The molecule has 0 spiro atoms. The zero-order chi connectivity index (χ0) is 11.5. The van der Waals surface area contributed by atoms with Crippen molar-refractivity contribution in [2.75, 3.05) is 19.7 Å². The summed E-state index contributed by atoms with van der Waals surface area (Å²) < 4.78 is 4.70. The van der Waals surface area contributed by atoms with Crippen LogP contribution in [0.5, 0.6) is 0 Å². The van der Waals surface area contributed by atoms with Crippen LogP contribution >= 0.6 is 0 Å². The number of hydrogen-bond donors (Lipinski definition) is 2. The second-order valence-corrected chi connectivity index (χ2v) is 2.82. The number of rotatable bonds is 8. The largest absolute Gasteiger partial charge is 0.466 e. The Morgan fingerprint density at radius 3 is 2.53 bits per heavy atom. The van der Waals surface area contributed by atoms with Gasteiger partial charge in [-0.05, 0) is 13.3 Å². The summed E-state index contributed by atoms with van der Waals surface area (Å²) in [4.78, 5) is 26.5. The number of esters is 1. The van der Waals surface area contributed by atoms with E-state index in [9.17, 15) is 9.59 Å². The molecule has 0 atom stereocenters. The van der Waals surface area contributed by atoms with Crippen LogP contribution in [0.25, 0.3) is 0 Å². The van der Waals surface area contributed by atoms with Crippen molar-refractivity contribution in [2.45, 2.75) is 26.2 Å². The summed E-state index contributed by atoms with van der Waals surface area (Å²) in [7, 11) is 0. The molecule has 0 aliphatic rings. The van der Waals surface area contributed by atoms with Crippen molar-refractivity contribution >= 4 is 11.9 Å². The third-order valence-electron chi connectivity index (χ3n) is 1.50. The zero-order valence-electron chi connectivity index (χ0n) is 8.95. The predicted octanol–water partition coefficient (Wildman–Crippen LogP) is -0.274. The molecule has 0 aliphatic carbocycles. The van der Waals surface area contributed by atoms with E-state index in [1.807, 2.05) is 0 Å². The van der Waals surface area contributed by atoms with Crippen molar-refractivity contribution in [1.82, 2.24) is 5.48 Å². The summed E-state index contributed by atoms with van der Waals surface area (Å²) >= 11 is 0. The number of nitrogens with two attached hydrogens (primary N) is 1. The Bertz CT molecular complexity index is 197. The molecule has 0 heterocycles. The number of carbonyl (C=O) groups is 2. The molecule has 0 fully saturated rings. The summed E-state index contributed by atoms with van der Waals surface area (Å²) in [6.45, 7) is 2.92. The summed E-state index contributed by atoms with van der Waals surface area (Å²) in [6, 6.07) is 0. The molecule has 0 aliphatic heterocycles. The molecule has 0 radical (unpaired) electrons. The van der Waals surface area contributed by atoms with Gasteiger partial charge in [0.1, 0.15) is 0 Å². The summed E-state index contributed by atoms with van der Waals surface area (Å²) in [5.41, 5.74) is 7.58. The lowest BCUT2D eigenvalue weighted by molar-refractivity contribution is -0.151. The Morgan fingerprint density at radius 2 is 1.93 bits per heavy atom. The van der Waals surface area contributed by atoms with Crippen LogP contribution in [0.15, 0.2) is 0 Å². The van der Waals surface area contributed by atoms with Gasteiger partial charge < -0.3 is 15.3 Å². The van der Waals surface area contributed by atoms with E-state index in [1.165, 1.54) is 0 Å². The smallest absolute Gasteiger partial charge is 0.324 e. The Hall–Kier alpha value is -1.14. The lowest BCUT2D eigenvalue weighted by Crippen LogP contribution is -2.25. The fourth-order valence-electron chi connectivity index (χ4n) is 0.852. The second kappa shape index (κ2) is 9.42. The fraction of sp³-hybridized carbons (Fsp3) is 0.778. The van der Waals surface area contributed by atoms with Crippen LogP contribution in [0.4, 0.5) is 0 Å². The topological polar surface area (TPSA) is 90.7 Å². The highest BCUT2D eigenvalue weighted by Crippen LogP contribution is 1.98. The number of carbonyl (C=O) groups excluding carboxylic acids is 2. The van der Waals surface area contributed by atoms with Crippen LogP contribution in [-0.4, -0.2) is 31.6 Å². The average Bonchev–Trinajstić information content (AvgIpc) is 2.18. The van der Waals surface area contributed by atoms with Crippen LogP contribution in [0, 0.1) is 0 Å². The van der Waals surface area contributed by atoms with E-state index < -0.39 is 5.97 Å². The van der Waals surface area contributed by atoms with E-state index >= 15 is 0 Å². The Labute approximate surface area is 89.1 Å². The summed E-state index contributed by atoms with van der Waals surface area (Å²) in [6.07, 6.45) is 0.859. The zero-order valence-corrected chi connectivity index (χ0v) is 8.95. The average molecular weight is 218 g/mol. The van der Waals surface area contributed by atoms with Crippen LogP contribution in [-0.2, 0) is 19.2 Å². The van der Waals surface area contributed by atoms with Crippen molar-refractivity contribution in [3.63, 3.8) is 0 Å². The molecule has 0 bridgehead atoms. The number of hydroxylamine groups is 1. The first-order valence-corrected chi connectivity index (χ1v) is 4.99. The molecule has 0 rings (SSSR count). The van der Waals surface area contributed by atoms with Gasteiger partial charge in [-0.2, -0.15) is 5.48 Å². The molecule has 0 saturated heterocycles. The lowest BCUT2D eigenvalue weighted by atomic mass is 10.2. The lowest BCUT2D eigenvalue weighted by Gasteiger charge is -2.04. The van der Waals surface area contributed by atoms with Crippen molar-refractivity contribution < 1.29 is 19.2 Å². The van der Waals surface area contributed by atoms with Crippen LogP contribution < -0.4 is 11.2 Å². The Morgan fingerprint density at radius 1 is 1.27 bits per heavy atom. The van der Waals surface area contributed by atoms with Gasteiger partial charge in [0.2, 0.25) is 0 Å². The molecular weight excluding hydrogens is 200 g/mol. The highest BCUT2D eigenvalue weighted by Gasteiger charge is 2.06. The molecule has 6 heteroatoms. The maximum atomic E-state index is 11.0. The minimum atomic E-state index is -0.396. The molecule has 0 aromatic rings. The van der Waals surface area contributed by atoms with E-state index in [0.717, 1.165) is 0 Å². The molecule has 0 aromatic heterocycles. The highest BCUT2D eigenvalue weighted by atomic mass is 16.7. The van der Waals surface area contributed by atoms with Gasteiger partial charge in [-0.3, -0.25) is 9.59 Å². The quantitative estimate of drug-likeness (QED) is 0.331. The van der Waals surface area contributed by atoms with Gasteiger partial charge in [-0.1, -0.05) is 0 Å². The van der Waals surface area contributed by atoms with Crippen molar-refractivity contribution in [3.05, 3.63) is 0 Å². The van der Waals surface area contributed by atoms with E-state index in [2.05, 4.69) is 10.3 Å². The van der Waals surface area contributed by atoms with Gasteiger partial charge in [-0.25, -0.2) is 0 Å². The van der Waals surface area contributed by atoms with E-state index in [0.29, 0.717) is 26.1 Å². The first kappa shape index (κ1) is 13.9. The van der Waals surface area contributed by atoms with E-state index in [4.69, 9.17) is 10.5 Å². The van der Waals surface area contributed by atoms with Gasteiger partial charge in [0.05, 0.1) is 6.61 Å². The van der Waals surface area contributed by atoms with Crippen LogP contribution in [0.2, 0.25) is 0 Å². The molecule has 6 nitrogen and oxygen atoms in total. The standard InChI is InChI=1S/C9H18N2O4/c1-2-14-8(12)4-3-5-9(13)15-11-7-6-10/h11H,2-7,10H2,1H3. The van der Waals surface area contributed by atoms with Crippen molar-refractivity contribution in [3.8, 4) is 0 Å². The van der Waals surface area contributed by atoms with E-state index in [1.54, 1.807) is 6.92 Å². The normalized spacial score (nSPS) is 9.73. The number of hydrogen-bond acceptors (Lipinski definition) is 6. The van der Waals surface area contributed by atoms with Crippen LogP contribution in [0.3, 0.4) is 0 Å². The van der Waals surface area contributed by atoms with Gasteiger partial charge in [0.25, 0.3) is 0 Å². The molecule has 3 N–H and O–H groups in total. The molecule has 88 valence electrons. The third-order valence-corrected chi connectivity index (χ3v) is 1.50. The number of nitrogens with one attached hydrogen (secondary N) is 1. The maximum absolute atomic E-state index is 11.0. The molecule has 0 unspecified atom stereocenters. The molecule has 0 saturated carbocycles. The maximum Gasteiger partial charge on any atom is 0.324 e. The molecule has 0 amide bonds. The SMILES string of the molecule is CCOC(=O)CCCC(=O)ONCCN. The van der Waals surface area contributed by atoms with Crippen LogP contribution in [0.1, 0.15) is 26.2 Å². The third kappa shape index (κ3) is 9.17. The minimum absolute atomic E-state index is 0.191. The second-order valence-electron chi connectivity index (χ2n) is 2.82. The first-order valence-electron chi connectivity index (χ1n) is 4.99. The van der Waals surface area contributed by atoms with Gasteiger partial charge in [0.15, 0.2) is 0 Å². The van der Waals surface area contributed by atoms with Gasteiger partial charge in [0, 0.05) is 25.9 Å². The minimum Gasteiger partial charge on any atom is -0.466 e. The first-order chi connectivity index (χ1) is 7.20. The van der Waals surface area contributed by atoms with E-state index in [-0.39, 0.29) is 18.8 Å². The summed E-state index contributed by atoms with van der Waals surface area (Å²) in [5, 5.41) is 0. The van der Waals surface area contributed by atoms with Gasteiger partial charge >= 0.3 is 11.9 Å². The monoisotopic (exact) mass is 218 g/mol. The molecule has 0 aromatic carbocycles. The van der Waals surface area contributed by atoms with Gasteiger partial charge in [-0.15, -0.1) is 0 Å². The molecule has 15 heavy (non-hydrogen) atoms. The van der Waals surface area contributed by atoms with Crippen molar-refractivity contribution in [2.24, 2.45) is 5.73 Å². The summed E-state index contributed by atoms with van der Waals surface area (Å²) in [5.74, 6) is -0.687. The molecular formula is C9H18N2O4. The number of ether oxygens (including phenoxy) is 1. The predicted molar refractivity (Wildman–Crippen MR) is 53.6 cm³/mol. The Kier molecular flexibility index (Phi) is 8.70. The Balaban J connectivity index is 3.34. The highest BCUT2D eigenvalue weighted by molar-refractivity contribution is 5.72. The van der Waals surface area contributed by atoms with Crippen molar-refractivity contribution in [1.29, 1.82) is 0 Å². The fourth-order valence-corrected chi connectivity index (χ4v) is 0.852.